The molecule has 1 saturated heterocycles. The Bertz CT molecular complexity index is 2080. The van der Waals surface area contributed by atoms with Crippen molar-refractivity contribution in [3.63, 3.8) is 0 Å². The van der Waals surface area contributed by atoms with Gasteiger partial charge in [0.1, 0.15) is 11.6 Å². The molecule has 54 heavy (non-hydrogen) atoms. The lowest BCUT2D eigenvalue weighted by Crippen LogP contribution is -2.56. The Labute approximate surface area is 309 Å². The molecule has 3 aromatic carbocycles. The van der Waals surface area contributed by atoms with E-state index in [4.69, 9.17) is 4.74 Å². The van der Waals surface area contributed by atoms with Gasteiger partial charge in [0.05, 0.1) is 53.9 Å². The summed E-state index contributed by atoms with van der Waals surface area (Å²) in [7, 11) is -2.24. The molecule has 290 valence electrons. The van der Waals surface area contributed by atoms with Crippen LogP contribution in [-0.2, 0) is 43.9 Å². The SMILES string of the molecule is Cc1cc(F)ccc1-c1cc(N2CCN(S(C)(=O)=O)CC2COCc2ccccc2)ncc1N(C)C(=O)C(C)(C)c1cc(C(F)(F)F)cc(C(F)(F)F)c1. The summed E-state index contributed by atoms with van der Waals surface area (Å²) in [5, 5.41) is 0. The van der Waals surface area contributed by atoms with Crippen LogP contribution in [0.2, 0.25) is 0 Å². The van der Waals surface area contributed by atoms with E-state index in [9.17, 15) is 43.9 Å². The van der Waals surface area contributed by atoms with Crippen molar-refractivity contribution in [2.24, 2.45) is 0 Å². The molecule has 4 aromatic rings. The number of aryl methyl sites for hydroxylation is 1. The molecule has 1 atom stereocenters. The smallest absolute Gasteiger partial charge is 0.375 e. The standard InChI is InChI=1S/C38H39F7N4O4S/c1-24-15-29(39)11-12-31(24)32-19-34(49-14-13-48(54(5,51)52)21-30(49)23-53-22-25-9-7-6-8-10-25)46-20-33(32)47(4)35(50)36(2,3)26-16-27(37(40,41)42)18-28(17-26)38(43,44)45/h6-12,15-20,30H,13-14,21-23H2,1-5H3. The summed E-state index contributed by atoms with van der Waals surface area (Å²) in [6, 6.07) is 15.5. The number of alkyl halides is 6. The largest absolute Gasteiger partial charge is 0.416 e. The monoisotopic (exact) mass is 780 g/mol. The fourth-order valence-corrected chi connectivity index (χ4v) is 7.29. The molecule has 1 aliphatic rings. The Morgan fingerprint density at radius 1 is 0.889 bits per heavy atom. The molecule has 16 heteroatoms. The molecular formula is C38H39F7N4O4S. The summed E-state index contributed by atoms with van der Waals surface area (Å²) in [4.78, 5) is 21.8. The minimum atomic E-state index is -5.12. The number of amides is 1. The Balaban J connectivity index is 1.56. The van der Waals surface area contributed by atoms with Crippen LogP contribution in [0.5, 0.6) is 0 Å². The number of aromatic nitrogens is 1. The van der Waals surface area contributed by atoms with Gasteiger partial charge < -0.3 is 14.5 Å². The van der Waals surface area contributed by atoms with Crippen molar-refractivity contribution in [3.05, 3.63) is 113 Å². The molecular weight excluding hydrogens is 741 g/mol. The second-order valence-electron chi connectivity index (χ2n) is 13.8. The molecule has 0 radical (unpaired) electrons. The van der Waals surface area contributed by atoms with Crippen molar-refractivity contribution in [1.29, 1.82) is 0 Å². The van der Waals surface area contributed by atoms with E-state index in [2.05, 4.69) is 4.98 Å². The van der Waals surface area contributed by atoms with Crippen molar-refractivity contribution in [3.8, 4) is 11.1 Å². The van der Waals surface area contributed by atoms with E-state index in [1.165, 1.54) is 49.6 Å². The highest BCUT2D eigenvalue weighted by molar-refractivity contribution is 7.88. The number of nitrogens with zero attached hydrogens (tertiary/aromatic N) is 4. The molecule has 0 bridgehead atoms. The molecule has 1 unspecified atom stereocenters. The third-order valence-corrected chi connectivity index (χ3v) is 10.8. The van der Waals surface area contributed by atoms with Gasteiger partial charge in [0.25, 0.3) is 0 Å². The van der Waals surface area contributed by atoms with Crippen LogP contribution in [0.4, 0.5) is 42.2 Å². The number of halogens is 7. The highest BCUT2D eigenvalue weighted by Gasteiger charge is 2.42. The van der Waals surface area contributed by atoms with Crippen LogP contribution in [-0.4, -0.2) is 69.2 Å². The zero-order valence-corrected chi connectivity index (χ0v) is 30.9. The number of hydrogen-bond acceptors (Lipinski definition) is 6. The summed E-state index contributed by atoms with van der Waals surface area (Å²) >= 11 is 0. The first kappa shape index (κ1) is 40.6. The number of hydrogen-bond donors (Lipinski definition) is 0. The van der Waals surface area contributed by atoms with Crippen molar-refractivity contribution in [2.75, 3.05) is 49.3 Å². The third kappa shape index (κ3) is 9.04. The topological polar surface area (TPSA) is 83.1 Å². The normalized spacial score (nSPS) is 16.1. The third-order valence-electron chi connectivity index (χ3n) is 9.49. The first-order valence-electron chi connectivity index (χ1n) is 16.8. The number of likely N-dealkylation sites (N-methyl/N-ethyl adjacent to an activating group) is 1. The second-order valence-corrected chi connectivity index (χ2v) is 15.8. The molecule has 8 nitrogen and oxygen atoms in total. The van der Waals surface area contributed by atoms with E-state index in [1.807, 2.05) is 35.2 Å². The maximum atomic E-state index is 14.3. The number of piperazine rings is 1. The number of carbonyl (C=O) groups excluding carboxylic acids is 1. The predicted molar refractivity (Wildman–Crippen MR) is 191 cm³/mol. The van der Waals surface area contributed by atoms with Gasteiger partial charge in [-0.2, -0.15) is 30.6 Å². The summed E-state index contributed by atoms with van der Waals surface area (Å²) in [6.45, 7) is 4.88. The van der Waals surface area contributed by atoms with Crippen LogP contribution in [0.3, 0.4) is 0 Å². The Kier molecular flexibility index (Phi) is 11.5. The average Bonchev–Trinajstić information content (AvgIpc) is 3.10. The zero-order valence-electron chi connectivity index (χ0n) is 30.1. The maximum Gasteiger partial charge on any atom is 0.416 e. The van der Waals surface area contributed by atoms with Gasteiger partial charge in [-0.25, -0.2) is 17.8 Å². The number of sulfonamides is 1. The Morgan fingerprint density at radius 3 is 2.07 bits per heavy atom. The highest BCUT2D eigenvalue weighted by atomic mass is 32.2. The fourth-order valence-electron chi connectivity index (χ4n) is 6.43. The first-order valence-corrected chi connectivity index (χ1v) is 18.6. The van der Waals surface area contributed by atoms with Crippen molar-refractivity contribution in [2.45, 2.75) is 51.2 Å². The molecule has 0 saturated carbocycles. The van der Waals surface area contributed by atoms with Gasteiger partial charge in [-0.05, 0) is 79.4 Å². The van der Waals surface area contributed by atoms with Gasteiger partial charge in [0.2, 0.25) is 15.9 Å². The lowest BCUT2D eigenvalue weighted by molar-refractivity contribution is -0.143. The highest BCUT2D eigenvalue weighted by Crippen LogP contribution is 2.41. The number of pyridine rings is 1. The number of carbonyl (C=O) groups is 1. The summed E-state index contributed by atoms with van der Waals surface area (Å²) in [6.07, 6.45) is -7.78. The van der Waals surface area contributed by atoms with Crippen LogP contribution in [0, 0.1) is 12.7 Å². The Morgan fingerprint density at radius 2 is 1.50 bits per heavy atom. The molecule has 2 heterocycles. The van der Waals surface area contributed by atoms with Gasteiger partial charge in [-0.3, -0.25) is 4.79 Å². The maximum absolute atomic E-state index is 14.3. The summed E-state index contributed by atoms with van der Waals surface area (Å²) in [5.74, 6) is -1.01. The fraction of sp³-hybridized carbons (Fsp3) is 0.368. The van der Waals surface area contributed by atoms with Crippen LogP contribution in [0.1, 0.15) is 41.7 Å². The molecule has 5 rings (SSSR count). The number of benzene rings is 3. The molecule has 1 aliphatic heterocycles. The van der Waals surface area contributed by atoms with Gasteiger partial charge in [-0.1, -0.05) is 36.4 Å². The quantitative estimate of drug-likeness (QED) is 0.153. The summed E-state index contributed by atoms with van der Waals surface area (Å²) in [5.41, 5.74) is -3.18. The first-order chi connectivity index (χ1) is 25.1. The van der Waals surface area contributed by atoms with Gasteiger partial charge >= 0.3 is 12.4 Å². The number of ether oxygens (including phenoxy) is 1. The molecule has 0 aliphatic carbocycles. The lowest BCUT2D eigenvalue weighted by Gasteiger charge is -2.41. The number of anilines is 2. The van der Waals surface area contributed by atoms with Crippen LogP contribution in [0.15, 0.2) is 79.0 Å². The van der Waals surface area contributed by atoms with E-state index < -0.39 is 62.2 Å². The predicted octanol–water partition coefficient (Wildman–Crippen LogP) is 7.84. The van der Waals surface area contributed by atoms with E-state index in [0.29, 0.717) is 34.6 Å². The Hall–Kier alpha value is -4.54. The van der Waals surface area contributed by atoms with Gasteiger partial charge in [0, 0.05) is 32.2 Å². The minimum absolute atomic E-state index is 0.00154. The molecule has 1 amide bonds. The van der Waals surface area contributed by atoms with Crippen LogP contribution in [0.25, 0.3) is 11.1 Å². The summed E-state index contributed by atoms with van der Waals surface area (Å²) < 4.78 is 129. The number of rotatable bonds is 10. The van der Waals surface area contributed by atoms with Crippen molar-refractivity contribution < 1.29 is 48.7 Å². The average molecular weight is 781 g/mol. The molecule has 0 spiro atoms. The van der Waals surface area contributed by atoms with Crippen LogP contribution < -0.4 is 9.80 Å². The second kappa shape index (κ2) is 15.3. The molecule has 1 aromatic heterocycles. The molecule has 1 fully saturated rings. The van der Waals surface area contributed by atoms with E-state index in [-0.39, 0.29) is 44.6 Å². The van der Waals surface area contributed by atoms with Crippen LogP contribution >= 0.6 is 0 Å². The zero-order chi connectivity index (χ0) is 39.8. The molecule has 0 N–H and O–H groups in total. The van der Waals surface area contributed by atoms with Gasteiger partial charge in [-0.15, -0.1) is 0 Å². The van der Waals surface area contributed by atoms with Crippen molar-refractivity contribution in [1.82, 2.24) is 9.29 Å². The lowest BCUT2D eigenvalue weighted by atomic mass is 9.81. The van der Waals surface area contributed by atoms with E-state index >= 15 is 0 Å². The minimum Gasteiger partial charge on any atom is -0.375 e. The van der Waals surface area contributed by atoms with Gasteiger partial charge in [0.15, 0.2) is 0 Å². The van der Waals surface area contributed by atoms with Crippen molar-refractivity contribution >= 4 is 27.4 Å². The van der Waals surface area contributed by atoms with E-state index in [0.717, 1.165) is 16.7 Å². The van der Waals surface area contributed by atoms with E-state index in [1.54, 1.807) is 13.0 Å².